The van der Waals surface area contributed by atoms with Crippen molar-refractivity contribution in [2.45, 2.75) is 13.5 Å². The number of anilines is 1. The quantitative estimate of drug-likeness (QED) is 0.874. The van der Waals surface area contributed by atoms with Crippen LogP contribution in [0.1, 0.15) is 11.5 Å². The number of rotatable bonds is 5. The summed E-state index contributed by atoms with van der Waals surface area (Å²) in [6.07, 6.45) is 0. The summed E-state index contributed by atoms with van der Waals surface area (Å²) in [5.74, 6) is -0.229. The lowest BCUT2D eigenvalue weighted by Crippen LogP contribution is -2.28. The fourth-order valence-electron chi connectivity index (χ4n) is 1.72. The summed E-state index contributed by atoms with van der Waals surface area (Å²) in [5, 5.41) is 12.7. The minimum Gasteiger partial charge on any atom is -0.480 e. The molecule has 0 aliphatic carbocycles. The van der Waals surface area contributed by atoms with Gasteiger partial charge in [0.05, 0.1) is 12.2 Å². The normalized spacial score (nSPS) is 10.3. The second-order valence-electron chi connectivity index (χ2n) is 4.02. The van der Waals surface area contributed by atoms with Crippen LogP contribution in [0.4, 0.5) is 5.69 Å². The SMILES string of the molecule is Cc1cc(CN(CC(=O)O)c2ccccc2)on1. The van der Waals surface area contributed by atoms with Crippen molar-refractivity contribution in [1.29, 1.82) is 0 Å². The molecule has 5 heteroatoms. The second-order valence-corrected chi connectivity index (χ2v) is 4.02. The third kappa shape index (κ3) is 3.10. The van der Waals surface area contributed by atoms with Crippen LogP contribution in [0.25, 0.3) is 0 Å². The molecule has 0 aliphatic rings. The summed E-state index contributed by atoms with van der Waals surface area (Å²) in [7, 11) is 0. The van der Waals surface area contributed by atoms with Crippen molar-refractivity contribution in [1.82, 2.24) is 5.16 Å². The Morgan fingerprint density at radius 3 is 2.67 bits per heavy atom. The highest BCUT2D eigenvalue weighted by atomic mass is 16.5. The number of hydrogen-bond acceptors (Lipinski definition) is 4. The lowest BCUT2D eigenvalue weighted by Gasteiger charge is -2.21. The monoisotopic (exact) mass is 246 g/mol. The van der Waals surface area contributed by atoms with Crippen LogP contribution in [-0.4, -0.2) is 22.8 Å². The van der Waals surface area contributed by atoms with Gasteiger partial charge in [0.1, 0.15) is 6.54 Å². The van der Waals surface area contributed by atoms with Crippen molar-refractivity contribution in [3.63, 3.8) is 0 Å². The molecule has 1 heterocycles. The Morgan fingerprint density at radius 1 is 1.39 bits per heavy atom. The van der Waals surface area contributed by atoms with Crippen molar-refractivity contribution in [2.75, 3.05) is 11.4 Å². The summed E-state index contributed by atoms with van der Waals surface area (Å²) >= 11 is 0. The molecule has 0 aliphatic heterocycles. The standard InChI is InChI=1S/C13H14N2O3/c1-10-7-12(18-14-10)8-15(9-13(16)17)11-5-3-2-4-6-11/h2-7H,8-9H2,1H3,(H,16,17). The number of aryl methyl sites for hydroxylation is 1. The van der Waals surface area contributed by atoms with Crippen LogP contribution in [0.15, 0.2) is 40.9 Å². The molecule has 0 unspecified atom stereocenters. The van der Waals surface area contributed by atoms with E-state index in [-0.39, 0.29) is 6.54 Å². The molecule has 18 heavy (non-hydrogen) atoms. The molecule has 2 aromatic rings. The van der Waals surface area contributed by atoms with Gasteiger partial charge in [-0.1, -0.05) is 23.4 Å². The first-order chi connectivity index (χ1) is 8.65. The number of carboxylic acids is 1. The smallest absolute Gasteiger partial charge is 0.323 e. The molecule has 2 rings (SSSR count). The molecule has 0 saturated carbocycles. The van der Waals surface area contributed by atoms with E-state index in [4.69, 9.17) is 9.63 Å². The number of nitrogens with zero attached hydrogens (tertiary/aromatic N) is 2. The van der Waals surface area contributed by atoms with Gasteiger partial charge in [0.15, 0.2) is 5.76 Å². The van der Waals surface area contributed by atoms with E-state index < -0.39 is 5.97 Å². The molecule has 0 radical (unpaired) electrons. The van der Waals surface area contributed by atoms with E-state index in [2.05, 4.69) is 5.16 Å². The molecule has 0 fully saturated rings. The van der Waals surface area contributed by atoms with Crippen molar-refractivity contribution in [2.24, 2.45) is 0 Å². The Morgan fingerprint density at radius 2 is 2.11 bits per heavy atom. The van der Waals surface area contributed by atoms with Crippen LogP contribution in [0.3, 0.4) is 0 Å². The molecule has 0 amide bonds. The number of carboxylic acid groups (broad SMARTS) is 1. The molecule has 0 bridgehead atoms. The predicted octanol–water partition coefficient (Wildman–Crippen LogP) is 2.07. The van der Waals surface area contributed by atoms with Gasteiger partial charge in [0.2, 0.25) is 0 Å². The molecule has 0 spiro atoms. The van der Waals surface area contributed by atoms with Crippen LogP contribution >= 0.6 is 0 Å². The van der Waals surface area contributed by atoms with Crippen LogP contribution in [0.5, 0.6) is 0 Å². The Balaban J connectivity index is 2.18. The largest absolute Gasteiger partial charge is 0.480 e. The van der Waals surface area contributed by atoms with E-state index in [0.29, 0.717) is 12.3 Å². The molecule has 1 N–H and O–H groups in total. The highest BCUT2D eigenvalue weighted by molar-refractivity contribution is 5.73. The molecule has 5 nitrogen and oxygen atoms in total. The van der Waals surface area contributed by atoms with Gasteiger partial charge in [-0.2, -0.15) is 0 Å². The summed E-state index contributed by atoms with van der Waals surface area (Å²) in [5.41, 5.74) is 1.63. The molecule has 1 aromatic carbocycles. The number of aromatic nitrogens is 1. The van der Waals surface area contributed by atoms with E-state index in [1.165, 1.54) is 0 Å². The summed E-state index contributed by atoms with van der Waals surface area (Å²) < 4.78 is 5.11. The Bertz CT molecular complexity index is 522. The molecule has 0 atom stereocenters. The van der Waals surface area contributed by atoms with Crippen LogP contribution in [0, 0.1) is 6.92 Å². The fraction of sp³-hybridized carbons (Fsp3) is 0.231. The maximum atomic E-state index is 10.9. The lowest BCUT2D eigenvalue weighted by molar-refractivity contribution is -0.135. The van der Waals surface area contributed by atoms with Crippen molar-refractivity contribution >= 4 is 11.7 Å². The average molecular weight is 246 g/mol. The van der Waals surface area contributed by atoms with Gasteiger partial charge in [-0.15, -0.1) is 0 Å². The van der Waals surface area contributed by atoms with Crippen LogP contribution in [0.2, 0.25) is 0 Å². The summed E-state index contributed by atoms with van der Waals surface area (Å²) in [6, 6.07) is 11.2. The van der Waals surface area contributed by atoms with E-state index >= 15 is 0 Å². The van der Waals surface area contributed by atoms with Gasteiger partial charge in [0.25, 0.3) is 0 Å². The number of para-hydroxylation sites is 1. The minimum atomic E-state index is -0.880. The van der Waals surface area contributed by atoms with E-state index in [1.807, 2.05) is 37.3 Å². The topological polar surface area (TPSA) is 66.6 Å². The maximum absolute atomic E-state index is 10.9. The van der Waals surface area contributed by atoms with Gasteiger partial charge < -0.3 is 14.5 Å². The minimum absolute atomic E-state index is 0.0796. The van der Waals surface area contributed by atoms with Crippen LogP contribution < -0.4 is 4.90 Å². The first-order valence-electron chi connectivity index (χ1n) is 5.59. The van der Waals surface area contributed by atoms with Gasteiger partial charge in [-0.25, -0.2) is 0 Å². The van der Waals surface area contributed by atoms with Gasteiger partial charge in [0, 0.05) is 11.8 Å². The third-order valence-corrected chi connectivity index (χ3v) is 2.47. The molecular weight excluding hydrogens is 232 g/mol. The highest BCUT2D eigenvalue weighted by Crippen LogP contribution is 2.16. The number of hydrogen-bond donors (Lipinski definition) is 1. The highest BCUT2D eigenvalue weighted by Gasteiger charge is 2.13. The van der Waals surface area contributed by atoms with Crippen LogP contribution in [-0.2, 0) is 11.3 Å². The molecule has 0 saturated heterocycles. The first kappa shape index (κ1) is 12.2. The predicted molar refractivity (Wildman–Crippen MR) is 66.4 cm³/mol. The zero-order valence-corrected chi connectivity index (χ0v) is 10.0. The zero-order chi connectivity index (χ0) is 13.0. The molecule has 94 valence electrons. The zero-order valence-electron chi connectivity index (χ0n) is 10.0. The summed E-state index contributed by atoms with van der Waals surface area (Å²) in [4.78, 5) is 12.6. The van der Waals surface area contributed by atoms with Gasteiger partial charge >= 0.3 is 5.97 Å². The van der Waals surface area contributed by atoms with Gasteiger partial charge in [-0.05, 0) is 19.1 Å². The maximum Gasteiger partial charge on any atom is 0.323 e. The Kier molecular flexibility index (Phi) is 3.62. The van der Waals surface area contributed by atoms with E-state index in [0.717, 1.165) is 11.4 Å². The molecular formula is C13H14N2O3. The average Bonchev–Trinajstić information content (AvgIpc) is 2.75. The van der Waals surface area contributed by atoms with Crippen molar-refractivity contribution in [3.8, 4) is 0 Å². The van der Waals surface area contributed by atoms with Crippen molar-refractivity contribution in [3.05, 3.63) is 47.9 Å². The van der Waals surface area contributed by atoms with E-state index in [9.17, 15) is 4.79 Å². The third-order valence-electron chi connectivity index (χ3n) is 2.47. The number of carbonyl (C=O) groups is 1. The number of aliphatic carboxylic acids is 1. The Hall–Kier alpha value is -2.30. The Labute approximate surface area is 105 Å². The lowest BCUT2D eigenvalue weighted by atomic mass is 10.2. The van der Waals surface area contributed by atoms with Crippen molar-refractivity contribution < 1.29 is 14.4 Å². The summed E-state index contributed by atoms with van der Waals surface area (Å²) in [6.45, 7) is 2.14. The van der Waals surface area contributed by atoms with Gasteiger partial charge in [-0.3, -0.25) is 4.79 Å². The number of benzene rings is 1. The molecule has 1 aromatic heterocycles. The fourth-order valence-corrected chi connectivity index (χ4v) is 1.72. The van der Waals surface area contributed by atoms with E-state index in [1.54, 1.807) is 11.0 Å². The second kappa shape index (κ2) is 5.35. The first-order valence-corrected chi connectivity index (χ1v) is 5.59.